The van der Waals surface area contributed by atoms with Gasteiger partial charge in [0.25, 0.3) is 10.0 Å². The molecule has 2 rings (SSSR count). The molecule has 0 aromatic heterocycles. The molecule has 0 aliphatic carbocycles. The van der Waals surface area contributed by atoms with Crippen LogP contribution in [0.3, 0.4) is 0 Å². The number of para-hydroxylation sites is 1. The fourth-order valence-electron chi connectivity index (χ4n) is 1.77. The molecule has 0 radical (unpaired) electrons. The molecule has 0 fully saturated rings. The van der Waals surface area contributed by atoms with Crippen LogP contribution in [0.25, 0.3) is 0 Å². The van der Waals surface area contributed by atoms with E-state index in [0.29, 0.717) is 17.9 Å². The first kappa shape index (κ1) is 16.0. The molecule has 1 N–H and O–H groups in total. The number of carbonyl (C=O) groups excluding carboxylic acids is 1. The van der Waals surface area contributed by atoms with Gasteiger partial charge in [-0.1, -0.05) is 25.1 Å². The van der Waals surface area contributed by atoms with E-state index < -0.39 is 16.0 Å². The number of hydrogen-bond donors (Lipinski definition) is 1. The lowest BCUT2D eigenvalue weighted by Gasteiger charge is -2.08. The minimum Gasteiger partial charge on any atom is -0.462 e. The molecular weight excluding hydrogens is 302 g/mol. The van der Waals surface area contributed by atoms with Crippen LogP contribution in [0.1, 0.15) is 23.7 Å². The molecule has 116 valence electrons. The average Bonchev–Trinajstić information content (AvgIpc) is 2.53. The Morgan fingerprint density at radius 1 is 1.05 bits per heavy atom. The highest BCUT2D eigenvalue weighted by molar-refractivity contribution is 7.92. The van der Waals surface area contributed by atoms with Gasteiger partial charge < -0.3 is 4.74 Å². The van der Waals surface area contributed by atoms with Crippen LogP contribution in [0.4, 0.5) is 5.69 Å². The second-order valence-corrected chi connectivity index (χ2v) is 6.31. The van der Waals surface area contributed by atoms with Gasteiger partial charge in [0.05, 0.1) is 17.1 Å². The Balaban J connectivity index is 2.14. The second-order valence-electron chi connectivity index (χ2n) is 4.63. The molecule has 6 heteroatoms. The molecule has 2 aromatic rings. The van der Waals surface area contributed by atoms with Gasteiger partial charge in [0, 0.05) is 5.69 Å². The number of rotatable bonds is 6. The van der Waals surface area contributed by atoms with Gasteiger partial charge in [-0.3, -0.25) is 4.72 Å². The maximum absolute atomic E-state index is 12.2. The summed E-state index contributed by atoms with van der Waals surface area (Å²) in [7, 11) is -3.67. The normalized spacial score (nSPS) is 11.0. The van der Waals surface area contributed by atoms with Crippen LogP contribution in [0, 0.1) is 0 Å². The molecule has 0 aliphatic rings. The molecule has 22 heavy (non-hydrogen) atoms. The molecule has 0 aliphatic heterocycles. The Morgan fingerprint density at radius 2 is 1.68 bits per heavy atom. The maximum Gasteiger partial charge on any atom is 0.338 e. The van der Waals surface area contributed by atoms with Crippen molar-refractivity contribution in [2.75, 3.05) is 11.3 Å². The third-order valence-electron chi connectivity index (χ3n) is 2.86. The molecule has 0 heterocycles. The highest BCUT2D eigenvalue weighted by Gasteiger charge is 2.15. The monoisotopic (exact) mass is 319 g/mol. The second kappa shape index (κ2) is 7.09. The average molecular weight is 319 g/mol. The van der Waals surface area contributed by atoms with Gasteiger partial charge in [-0.05, 0) is 42.8 Å². The number of carbonyl (C=O) groups is 1. The molecule has 0 bridgehead atoms. The third-order valence-corrected chi connectivity index (χ3v) is 4.26. The van der Waals surface area contributed by atoms with E-state index in [1.807, 2.05) is 6.92 Å². The van der Waals surface area contributed by atoms with E-state index in [1.165, 1.54) is 24.3 Å². The van der Waals surface area contributed by atoms with Crippen LogP contribution in [-0.4, -0.2) is 21.0 Å². The summed E-state index contributed by atoms with van der Waals surface area (Å²) in [5.74, 6) is -0.457. The van der Waals surface area contributed by atoms with Gasteiger partial charge in [-0.25, -0.2) is 13.2 Å². The molecule has 0 atom stereocenters. The van der Waals surface area contributed by atoms with Crippen molar-refractivity contribution in [2.45, 2.75) is 18.2 Å². The summed E-state index contributed by atoms with van der Waals surface area (Å²) in [5.41, 5.74) is 0.807. The Morgan fingerprint density at radius 3 is 2.27 bits per heavy atom. The fourth-order valence-corrected chi connectivity index (χ4v) is 2.83. The Bertz CT molecular complexity index is 725. The van der Waals surface area contributed by atoms with E-state index in [0.717, 1.165) is 6.42 Å². The van der Waals surface area contributed by atoms with E-state index in [9.17, 15) is 13.2 Å². The standard InChI is InChI=1S/C16H17NO4S/c1-2-12-21-16(18)13-8-10-15(11-9-13)22(19,20)17-14-6-4-3-5-7-14/h3-11,17H,2,12H2,1H3. The minimum atomic E-state index is -3.67. The highest BCUT2D eigenvalue weighted by atomic mass is 32.2. The summed E-state index contributed by atoms with van der Waals surface area (Å²) in [6.07, 6.45) is 0.735. The van der Waals surface area contributed by atoms with Crippen molar-refractivity contribution in [2.24, 2.45) is 0 Å². The van der Waals surface area contributed by atoms with E-state index >= 15 is 0 Å². The van der Waals surface area contributed by atoms with Gasteiger partial charge in [0.15, 0.2) is 0 Å². The van der Waals surface area contributed by atoms with Gasteiger partial charge >= 0.3 is 5.97 Å². The lowest BCUT2D eigenvalue weighted by atomic mass is 10.2. The lowest BCUT2D eigenvalue weighted by Crippen LogP contribution is -2.13. The number of nitrogens with one attached hydrogen (secondary N) is 1. The van der Waals surface area contributed by atoms with Crippen molar-refractivity contribution in [3.63, 3.8) is 0 Å². The number of hydrogen-bond acceptors (Lipinski definition) is 4. The number of benzene rings is 2. The van der Waals surface area contributed by atoms with Crippen LogP contribution in [-0.2, 0) is 14.8 Å². The first-order valence-corrected chi connectivity index (χ1v) is 8.36. The van der Waals surface area contributed by atoms with E-state index in [-0.39, 0.29) is 4.90 Å². The summed E-state index contributed by atoms with van der Waals surface area (Å²) < 4.78 is 31.9. The summed E-state index contributed by atoms with van der Waals surface area (Å²) in [6.45, 7) is 2.24. The van der Waals surface area contributed by atoms with Gasteiger partial charge in [-0.15, -0.1) is 0 Å². The zero-order valence-electron chi connectivity index (χ0n) is 12.2. The number of sulfonamides is 1. The smallest absolute Gasteiger partial charge is 0.338 e. The highest BCUT2D eigenvalue weighted by Crippen LogP contribution is 2.16. The molecular formula is C16H17NO4S. The van der Waals surface area contributed by atoms with Crippen LogP contribution in [0.2, 0.25) is 0 Å². The van der Waals surface area contributed by atoms with Gasteiger partial charge in [0.1, 0.15) is 0 Å². The molecule has 0 saturated carbocycles. The summed E-state index contributed by atoms with van der Waals surface area (Å²) in [4.78, 5) is 11.8. The van der Waals surface area contributed by atoms with Crippen molar-refractivity contribution in [3.8, 4) is 0 Å². The van der Waals surface area contributed by atoms with Crippen molar-refractivity contribution >= 4 is 21.7 Å². The van der Waals surface area contributed by atoms with Gasteiger partial charge in [0.2, 0.25) is 0 Å². The summed E-state index contributed by atoms with van der Waals surface area (Å²) in [6, 6.07) is 14.3. The van der Waals surface area contributed by atoms with E-state index in [1.54, 1.807) is 30.3 Å². The predicted octanol–water partition coefficient (Wildman–Crippen LogP) is 3.05. The number of ether oxygens (including phenoxy) is 1. The number of esters is 1. The third kappa shape index (κ3) is 4.08. The lowest BCUT2D eigenvalue weighted by molar-refractivity contribution is 0.0505. The SMILES string of the molecule is CCCOC(=O)c1ccc(S(=O)(=O)Nc2ccccc2)cc1. The first-order chi connectivity index (χ1) is 10.5. The maximum atomic E-state index is 12.2. The van der Waals surface area contributed by atoms with E-state index in [2.05, 4.69) is 4.72 Å². The molecule has 5 nitrogen and oxygen atoms in total. The fraction of sp³-hybridized carbons (Fsp3) is 0.188. The summed E-state index contributed by atoms with van der Waals surface area (Å²) in [5, 5.41) is 0. The Hall–Kier alpha value is -2.34. The Labute approximate surface area is 130 Å². The minimum absolute atomic E-state index is 0.0865. The molecule has 0 spiro atoms. The van der Waals surface area contributed by atoms with Gasteiger partial charge in [-0.2, -0.15) is 0 Å². The van der Waals surface area contributed by atoms with Crippen molar-refractivity contribution in [3.05, 3.63) is 60.2 Å². The molecule has 0 saturated heterocycles. The van der Waals surface area contributed by atoms with E-state index in [4.69, 9.17) is 4.74 Å². The zero-order chi connectivity index (χ0) is 16.0. The van der Waals surface area contributed by atoms with Crippen LogP contribution >= 0.6 is 0 Å². The molecule has 0 unspecified atom stereocenters. The Kier molecular flexibility index (Phi) is 5.16. The number of anilines is 1. The van der Waals surface area contributed by atoms with Crippen molar-refractivity contribution < 1.29 is 17.9 Å². The quantitative estimate of drug-likeness (QED) is 0.831. The predicted molar refractivity (Wildman–Crippen MR) is 84.3 cm³/mol. The topological polar surface area (TPSA) is 72.5 Å². The molecule has 0 amide bonds. The summed E-state index contributed by atoms with van der Waals surface area (Å²) >= 11 is 0. The zero-order valence-corrected chi connectivity index (χ0v) is 13.0. The largest absolute Gasteiger partial charge is 0.462 e. The first-order valence-electron chi connectivity index (χ1n) is 6.88. The molecule has 2 aromatic carbocycles. The van der Waals surface area contributed by atoms with Crippen LogP contribution in [0.5, 0.6) is 0 Å². The van der Waals surface area contributed by atoms with Crippen LogP contribution < -0.4 is 4.72 Å². The van der Waals surface area contributed by atoms with Crippen LogP contribution in [0.15, 0.2) is 59.5 Å². The van der Waals surface area contributed by atoms with Crippen molar-refractivity contribution in [1.82, 2.24) is 0 Å². The van der Waals surface area contributed by atoms with Crippen molar-refractivity contribution in [1.29, 1.82) is 0 Å².